The number of sulfone groups is 1. The molecule has 0 saturated heterocycles. The maximum Gasteiger partial charge on any atom is 0.277 e. The topological polar surface area (TPSA) is 111 Å². The minimum atomic E-state index is -3.53. The number of carbonyl (C=O) groups excluding carboxylic acids is 1. The molecule has 138 valence electrons. The van der Waals surface area contributed by atoms with Crippen LogP contribution in [0.3, 0.4) is 0 Å². The number of rotatable bonds is 5. The van der Waals surface area contributed by atoms with Crippen molar-refractivity contribution in [2.24, 2.45) is 5.16 Å². The number of carbonyl (C=O) groups is 1. The van der Waals surface area contributed by atoms with Gasteiger partial charge in [-0.25, -0.2) is 8.42 Å². The quantitative estimate of drug-likeness (QED) is 0.789. The van der Waals surface area contributed by atoms with E-state index >= 15 is 0 Å². The average molecular weight is 377 g/mol. The summed E-state index contributed by atoms with van der Waals surface area (Å²) in [6.07, 6.45) is 2.93. The van der Waals surface area contributed by atoms with Gasteiger partial charge in [0.15, 0.2) is 15.6 Å². The van der Waals surface area contributed by atoms with Gasteiger partial charge in [0.2, 0.25) is 0 Å². The first kappa shape index (κ1) is 18.1. The summed E-state index contributed by atoms with van der Waals surface area (Å²) < 4.78 is 25.7. The molecule has 8 nitrogen and oxygen atoms in total. The number of ketones is 1. The van der Waals surface area contributed by atoms with Gasteiger partial charge in [0.05, 0.1) is 10.6 Å². The van der Waals surface area contributed by atoms with Gasteiger partial charge in [-0.05, 0) is 31.5 Å². The first-order valence-corrected chi connectivity index (χ1v) is 10.0. The number of aryl methyl sites for hydroxylation is 1. The summed E-state index contributed by atoms with van der Waals surface area (Å²) >= 11 is 0. The van der Waals surface area contributed by atoms with Gasteiger partial charge in [-0.3, -0.25) is 14.3 Å². The summed E-state index contributed by atoms with van der Waals surface area (Å²) in [6.45, 7) is 4.21. The second kappa shape index (κ2) is 6.56. The Bertz CT molecular complexity index is 1080. The molecule has 0 aliphatic carbocycles. The monoisotopic (exact) mass is 377 g/mol. The fraction of sp³-hybridized carbons (Fsp3) is 0.353. The van der Waals surface area contributed by atoms with E-state index in [1.165, 1.54) is 23.0 Å². The van der Waals surface area contributed by atoms with Crippen molar-refractivity contribution >= 4 is 21.3 Å². The second-order valence-corrected chi connectivity index (χ2v) is 8.05. The Morgan fingerprint density at radius 3 is 2.62 bits per heavy atom. The molecule has 2 aromatic rings. The molecule has 1 aromatic carbocycles. The zero-order valence-electron chi connectivity index (χ0n) is 14.7. The van der Waals surface area contributed by atoms with Crippen LogP contribution >= 0.6 is 0 Å². The SMILES string of the molecule is CCn1[nH]cc(C(=O)c2ccc(S(C)(=O)=O)c(C3=NOCC3)c2C)c1=O. The van der Waals surface area contributed by atoms with Crippen LogP contribution in [0.15, 0.2) is 33.2 Å². The fourth-order valence-electron chi connectivity index (χ4n) is 3.03. The van der Waals surface area contributed by atoms with Gasteiger partial charge in [-0.2, -0.15) is 0 Å². The molecule has 0 atom stereocenters. The standard InChI is InChI=1S/C17H19N3O5S/c1-4-20-17(22)12(9-18-20)16(21)11-5-6-14(26(3,23)24)15(10(11)2)13-7-8-25-19-13/h5-6,9,18H,4,7-8H2,1-3H3. The molecule has 26 heavy (non-hydrogen) atoms. The number of hydrogen-bond acceptors (Lipinski definition) is 6. The Morgan fingerprint density at radius 1 is 1.35 bits per heavy atom. The lowest BCUT2D eigenvalue weighted by atomic mass is 9.93. The smallest absolute Gasteiger partial charge is 0.277 e. The van der Waals surface area contributed by atoms with Crippen molar-refractivity contribution in [1.29, 1.82) is 0 Å². The summed E-state index contributed by atoms with van der Waals surface area (Å²) in [4.78, 5) is 30.3. The van der Waals surface area contributed by atoms with E-state index < -0.39 is 21.2 Å². The van der Waals surface area contributed by atoms with E-state index in [0.29, 0.717) is 36.4 Å². The van der Waals surface area contributed by atoms with Gasteiger partial charge in [-0.1, -0.05) is 5.16 Å². The van der Waals surface area contributed by atoms with Crippen molar-refractivity contribution in [2.45, 2.75) is 31.7 Å². The molecular formula is C17H19N3O5S. The molecule has 0 fully saturated rings. The van der Waals surface area contributed by atoms with E-state index in [2.05, 4.69) is 10.3 Å². The lowest BCUT2D eigenvalue weighted by Gasteiger charge is -2.13. The number of benzene rings is 1. The molecule has 2 heterocycles. The number of aromatic nitrogens is 2. The van der Waals surface area contributed by atoms with Crippen LogP contribution in [-0.4, -0.2) is 42.6 Å². The number of nitrogens with zero attached hydrogens (tertiary/aromatic N) is 2. The van der Waals surface area contributed by atoms with E-state index in [9.17, 15) is 18.0 Å². The van der Waals surface area contributed by atoms with E-state index in [4.69, 9.17) is 4.84 Å². The Labute approximate surface area is 150 Å². The lowest BCUT2D eigenvalue weighted by molar-refractivity contribution is 0.103. The average Bonchev–Trinajstić information content (AvgIpc) is 3.22. The van der Waals surface area contributed by atoms with Gasteiger partial charge in [0.1, 0.15) is 12.2 Å². The highest BCUT2D eigenvalue weighted by atomic mass is 32.2. The number of hydrogen-bond donors (Lipinski definition) is 1. The third kappa shape index (κ3) is 2.98. The van der Waals surface area contributed by atoms with E-state index in [1.807, 2.05) is 0 Å². The van der Waals surface area contributed by atoms with Crippen molar-refractivity contribution in [2.75, 3.05) is 12.9 Å². The molecule has 0 saturated carbocycles. The number of H-pyrrole nitrogens is 1. The Balaban J connectivity index is 2.20. The molecule has 1 aliphatic heterocycles. The van der Waals surface area contributed by atoms with Gasteiger partial charge in [0.25, 0.3) is 5.56 Å². The van der Waals surface area contributed by atoms with Crippen molar-refractivity contribution in [3.05, 3.63) is 50.9 Å². The predicted octanol–water partition coefficient (Wildman–Crippen LogP) is 1.26. The molecule has 1 N–H and O–H groups in total. The summed E-state index contributed by atoms with van der Waals surface area (Å²) in [5.74, 6) is -0.461. The van der Waals surface area contributed by atoms with Gasteiger partial charge < -0.3 is 9.94 Å². The molecule has 0 spiro atoms. The van der Waals surface area contributed by atoms with Crippen LogP contribution in [0, 0.1) is 6.92 Å². The van der Waals surface area contributed by atoms with Crippen LogP contribution < -0.4 is 5.56 Å². The molecule has 0 amide bonds. The maximum absolute atomic E-state index is 12.9. The van der Waals surface area contributed by atoms with Crippen LogP contribution in [0.2, 0.25) is 0 Å². The van der Waals surface area contributed by atoms with E-state index in [-0.39, 0.29) is 16.0 Å². The Hall–Kier alpha value is -2.68. The van der Waals surface area contributed by atoms with Gasteiger partial charge >= 0.3 is 0 Å². The predicted molar refractivity (Wildman–Crippen MR) is 95.6 cm³/mol. The van der Waals surface area contributed by atoms with Gasteiger partial charge in [-0.15, -0.1) is 0 Å². The third-order valence-electron chi connectivity index (χ3n) is 4.37. The zero-order chi connectivity index (χ0) is 19.1. The molecule has 1 aliphatic rings. The first-order valence-electron chi connectivity index (χ1n) is 8.11. The largest absolute Gasteiger partial charge is 0.395 e. The zero-order valence-corrected chi connectivity index (χ0v) is 15.5. The third-order valence-corrected chi connectivity index (χ3v) is 5.50. The molecule has 1 aromatic heterocycles. The Morgan fingerprint density at radius 2 is 2.08 bits per heavy atom. The molecular weight excluding hydrogens is 358 g/mol. The first-order chi connectivity index (χ1) is 12.3. The minimum absolute atomic E-state index is 0.0117. The number of nitrogens with one attached hydrogen (secondary N) is 1. The van der Waals surface area contributed by atoms with Crippen molar-refractivity contribution in [1.82, 2.24) is 9.78 Å². The van der Waals surface area contributed by atoms with Crippen LogP contribution in [0.5, 0.6) is 0 Å². The second-order valence-electron chi connectivity index (χ2n) is 6.07. The maximum atomic E-state index is 12.9. The van der Waals surface area contributed by atoms with Crippen LogP contribution in [0.25, 0.3) is 0 Å². The Kier molecular flexibility index (Phi) is 4.57. The lowest BCUT2D eigenvalue weighted by Crippen LogP contribution is -2.22. The van der Waals surface area contributed by atoms with E-state index in [1.54, 1.807) is 13.8 Å². The summed E-state index contributed by atoms with van der Waals surface area (Å²) in [5.41, 5.74) is 1.19. The number of oxime groups is 1. The highest BCUT2D eigenvalue weighted by Gasteiger charge is 2.27. The molecule has 0 radical (unpaired) electrons. The molecule has 0 unspecified atom stereocenters. The minimum Gasteiger partial charge on any atom is -0.395 e. The van der Waals surface area contributed by atoms with Gasteiger partial charge in [0, 0.05) is 36.5 Å². The summed E-state index contributed by atoms with van der Waals surface area (Å²) in [7, 11) is -3.53. The van der Waals surface area contributed by atoms with Crippen molar-refractivity contribution in [3.63, 3.8) is 0 Å². The molecule has 3 rings (SSSR count). The van der Waals surface area contributed by atoms with Crippen LogP contribution in [-0.2, 0) is 21.2 Å². The summed E-state index contributed by atoms with van der Waals surface area (Å²) in [5, 5.41) is 6.66. The van der Waals surface area contributed by atoms with Crippen LogP contribution in [0.4, 0.5) is 0 Å². The summed E-state index contributed by atoms with van der Waals surface area (Å²) in [6, 6.07) is 2.83. The molecule has 9 heteroatoms. The highest BCUT2D eigenvalue weighted by molar-refractivity contribution is 7.90. The number of aromatic amines is 1. The molecule has 0 bridgehead atoms. The van der Waals surface area contributed by atoms with Crippen molar-refractivity contribution in [3.8, 4) is 0 Å². The normalized spacial score (nSPS) is 14.2. The van der Waals surface area contributed by atoms with E-state index in [0.717, 1.165) is 6.26 Å². The van der Waals surface area contributed by atoms with Crippen LogP contribution in [0.1, 0.15) is 40.4 Å². The van der Waals surface area contributed by atoms with Crippen molar-refractivity contribution < 1.29 is 18.0 Å². The fourth-order valence-corrected chi connectivity index (χ4v) is 3.99. The highest BCUT2D eigenvalue weighted by Crippen LogP contribution is 2.27.